The topological polar surface area (TPSA) is 348 Å². The number of ether oxygens (including phenoxy) is 1. The van der Waals surface area contributed by atoms with Crippen molar-refractivity contribution in [2.45, 2.75) is 44.7 Å². The number of amides is 2. The van der Waals surface area contributed by atoms with Gasteiger partial charge >= 0.3 is 23.3 Å². The number of carbonyl (C=O) groups excluding carboxylic acids is 6. The van der Waals surface area contributed by atoms with E-state index in [9.17, 15) is 44.1 Å². The van der Waals surface area contributed by atoms with Crippen LogP contribution in [0.2, 0.25) is 0 Å². The first-order valence-corrected chi connectivity index (χ1v) is 9.17. The van der Waals surface area contributed by atoms with Gasteiger partial charge in [-0.2, -0.15) is 0 Å². The van der Waals surface area contributed by atoms with E-state index in [1.807, 2.05) is 0 Å². The van der Waals surface area contributed by atoms with Crippen molar-refractivity contribution in [2.24, 2.45) is 22.9 Å². The molecule has 0 unspecified atom stereocenters. The fraction of sp³-hybridized carbons (Fsp3) is 0.368. The normalized spacial score (nSPS) is 10.3. The van der Waals surface area contributed by atoms with Gasteiger partial charge in [0.05, 0.1) is 17.9 Å². The standard InChI is InChI=1S/C9H8O4.2C5H10N2O3.Al.2H2O/c1-6(10)13-8-5-3-2-4-7(8)9(11)12;2*6-3(5(9)10)1-2-4(7)8;;;/h2-5H,1H3,(H,11,12);2*3H,1-2,6H2,(H2,7,8)(H,9,10);;2*1H2/q;;;+3;;/p-3/t;2*3-;;;/m.00.../s1. The number of hydrogen-bond donors (Lipinski definition) is 4. The first-order valence-electron chi connectivity index (χ1n) is 9.17. The van der Waals surface area contributed by atoms with Crippen molar-refractivity contribution in [2.75, 3.05) is 0 Å². The minimum atomic E-state index is -1.36. The minimum absolute atomic E-state index is 0. The Morgan fingerprint density at radius 2 is 1.17 bits per heavy atom. The Hall–Kier alpha value is -3.59. The Bertz CT molecular complexity index is 819. The molecule has 0 aromatic heterocycles. The molecule has 0 aliphatic rings. The van der Waals surface area contributed by atoms with E-state index < -0.39 is 47.8 Å². The van der Waals surface area contributed by atoms with E-state index >= 15 is 0 Å². The number of benzene rings is 1. The van der Waals surface area contributed by atoms with Crippen LogP contribution >= 0.6 is 0 Å². The van der Waals surface area contributed by atoms with E-state index in [-0.39, 0.29) is 65.3 Å². The molecule has 17 heteroatoms. The van der Waals surface area contributed by atoms with E-state index in [1.54, 1.807) is 6.07 Å². The van der Waals surface area contributed by atoms with Crippen LogP contribution in [0, 0.1) is 0 Å². The quantitative estimate of drug-likeness (QED) is 0.124. The first kappa shape index (κ1) is 42.6. The monoisotopic (exact) mass is 532 g/mol. The molecule has 0 saturated heterocycles. The molecule has 200 valence electrons. The Balaban J connectivity index is -0.000000130. The van der Waals surface area contributed by atoms with Crippen LogP contribution in [0.15, 0.2) is 24.3 Å². The molecular weight excluding hydrogens is 503 g/mol. The molecule has 0 fully saturated rings. The summed E-state index contributed by atoms with van der Waals surface area (Å²) in [4.78, 5) is 61.1. The second-order valence-corrected chi connectivity index (χ2v) is 6.24. The first-order chi connectivity index (χ1) is 15.2. The zero-order chi connectivity index (χ0) is 26.1. The summed E-state index contributed by atoms with van der Waals surface area (Å²) in [5, 5.41) is 30.3. The zero-order valence-electron chi connectivity index (χ0n) is 19.3. The number of aromatic carboxylic acids is 1. The maximum Gasteiger partial charge on any atom is 3.00 e. The number of hydrogen-bond acceptors (Lipinski definition) is 12. The number of esters is 1. The number of nitrogens with two attached hydrogens (primary N) is 4. The molecule has 16 nitrogen and oxygen atoms in total. The SMILES string of the molecule is CC(=O)Oc1ccccc1C(=O)[O-].NC(=O)CC[C@H](N)C(=O)[O-].NC(=O)CC[C@H](N)C(=O)[O-].O.O.[Al+3]. The Labute approximate surface area is 216 Å². The molecular formula is C19H29AlN4O12. The summed E-state index contributed by atoms with van der Waals surface area (Å²) in [5.41, 5.74) is 19.3. The second kappa shape index (κ2) is 23.2. The maximum absolute atomic E-state index is 10.6. The molecule has 2 amide bonds. The number of carboxylic acid groups (broad SMARTS) is 3. The Morgan fingerprint density at radius 3 is 1.44 bits per heavy atom. The van der Waals surface area contributed by atoms with Crippen molar-refractivity contribution >= 4 is 53.1 Å². The van der Waals surface area contributed by atoms with E-state index in [1.165, 1.54) is 25.1 Å². The van der Waals surface area contributed by atoms with Crippen molar-refractivity contribution in [3.8, 4) is 5.75 Å². The van der Waals surface area contributed by atoms with Crippen molar-refractivity contribution in [3.63, 3.8) is 0 Å². The maximum atomic E-state index is 10.6. The molecule has 0 heterocycles. The van der Waals surface area contributed by atoms with Crippen molar-refractivity contribution < 1.29 is 59.8 Å². The smallest absolute Gasteiger partial charge is 0.548 e. The number of aliphatic carboxylic acids is 2. The third kappa shape index (κ3) is 23.6. The number of rotatable bonds is 10. The van der Waals surface area contributed by atoms with Gasteiger partial charge in [-0.25, -0.2) is 0 Å². The van der Waals surface area contributed by atoms with Gasteiger partial charge in [0.1, 0.15) is 5.75 Å². The number of carboxylic acids is 3. The molecule has 0 bridgehead atoms. The van der Waals surface area contributed by atoms with Crippen molar-refractivity contribution in [3.05, 3.63) is 29.8 Å². The fourth-order valence-corrected chi connectivity index (χ4v) is 1.71. The fourth-order valence-electron chi connectivity index (χ4n) is 1.71. The van der Waals surface area contributed by atoms with Crippen LogP contribution < -0.4 is 43.0 Å². The van der Waals surface area contributed by atoms with Gasteiger partial charge in [-0.05, 0) is 25.0 Å². The third-order valence-electron chi connectivity index (χ3n) is 3.37. The van der Waals surface area contributed by atoms with E-state index in [0.717, 1.165) is 0 Å². The third-order valence-corrected chi connectivity index (χ3v) is 3.37. The van der Waals surface area contributed by atoms with E-state index in [2.05, 4.69) is 4.74 Å². The molecule has 0 aliphatic carbocycles. The predicted octanol–water partition coefficient (Wildman–Crippen LogP) is -7.40. The van der Waals surface area contributed by atoms with Gasteiger partial charge in [0.2, 0.25) is 11.8 Å². The van der Waals surface area contributed by atoms with Crippen LogP contribution in [-0.4, -0.2) is 76.1 Å². The van der Waals surface area contributed by atoms with Crippen molar-refractivity contribution in [1.82, 2.24) is 0 Å². The van der Waals surface area contributed by atoms with E-state index in [0.29, 0.717) is 0 Å². The zero-order valence-corrected chi connectivity index (χ0v) is 20.4. The van der Waals surface area contributed by atoms with Gasteiger partial charge in [0, 0.05) is 37.4 Å². The van der Waals surface area contributed by atoms with Gasteiger partial charge in [-0.3, -0.25) is 14.4 Å². The average Bonchev–Trinajstić information content (AvgIpc) is 2.70. The van der Waals surface area contributed by atoms with Crippen LogP contribution in [0.4, 0.5) is 0 Å². The molecule has 0 spiro atoms. The van der Waals surface area contributed by atoms with Gasteiger partial charge < -0.3 is 68.3 Å². The predicted molar refractivity (Wildman–Crippen MR) is 118 cm³/mol. The molecule has 0 radical (unpaired) electrons. The largest absolute Gasteiger partial charge is 3.00 e. The molecule has 1 rings (SSSR count). The summed E-state index contributed by atoms with van der Waals surface area (Å²) in [6.07, 6.45) is 0.0413. The molecule has 2 atom stereocenters. The van der Waals surface area contributed by atoms with Crippen LogP contribution in [0.1, 0.15) is 43.0 Å². The molecule has 0 saturated carbocycles. The summed E-state index contributed by atoms with van der Waals surface area (Å²) in [7, 11) is 0. The minimum Gasteiger partial charge on any atom is -0.548 e. The molecule has 12 N–H and O–H groups in total. The second-order valence-electron chi connectivity index (χ2n) is 6.24. The van der Waals surface area contributed by atoms with Crippen LogP contribution in [0.25, 0.3) is 0 Å². The van der Waals surface area contributed by atoms with Gasteiger partial charge in [0.15, 0.2) is 0 Å². The molecule has 36 heavy (non-hydrogen) atoms. The summed E-state index contributed by atoms with van der Waals surface area (Å²) in [6, 6.07) is 3.63. The average molecular weight is 532 g/mol. The molecule has 1 aromatic carbocycles. The van der Waals surface area contributed by atoms with Crippen LogP contribution in [0.5, 0.6) is 5.75 Å². The number of carbonyl (C=O) groups is 6. The Kier molecular flexibility index (Phi) is 27.4. The van der Waals surface area contributed by atoms with Crippen molar-refractivity contribution in [1.29, 1.82) is 0 Å². The molecule has 1 aromatic rings. The summed E-state index contributed by atoms with van der Waals surface area (Å²) in [6.45, 7) is 1.20. The Morgan fingerprint density at radius 1 is 0.806 bits per heavy atom. The molecule has 0 aliphatic heterocycles. The summed E-state index contributed by atoms with van der Waals surface area (Å²) >= 11 is 0. The summed E-state index contributed by atoms with van der Waals surface area (Å²) < 4.78 is 4.65. The van der Waals surface area contributed by atoms with Crippen LogP contribution in [-0.2, 0) is 24.0 Å². The van der Waals surface area contributed by atoms with Gasteiger partial charge in [-0.1, -0.05) is 12.1 Å². The number of para-hydroxylation sites is 1. The summed E-state index contributed by atoms with van der Waals surface area (Å²) in [5.74, 6) is -5.75. The van der Waals surface area contributed by atoms with E-state index in [4.69, 9.17) is 22.9 Å². The number of primary amides is 2. The van der Waals surface area contributed by atoms with Crippen LogP contribution in [0.3, 0.4) is 0 Å². The van der Waals surface area contributed by atoms with Gasteiger partial charge in [0.25, 0.3) is 0 Å². The van der Waals surface area contributed by atoms with Gasteiger partial charge in [-0.15, -0.1) is 0 Å².